The number of benzene rings is 2. The molecule has 6 heteroatoms. The first-order valence-corrected chi connectivity index (χ1v) is 7.57. The molecule has 0 radical (unpaired) electrons. The molecule has 0 unspecified atom stereocenters. The van der Waals surface area contributed by atoms with Gasteiger partial charge in [0.25, 0.3) is 10.0 Å². The second kappa shape index (κ2) is 5.85. The van der Waals surface area contributed by atoms with Crippen LogP contribution in [0.2, 0.25) is 0 Å². The van der Waals surface area contributed by atoms with Crippen molar-refractivity contribution in [1.82, 2.24) is 0 Å². The van der Waals surface area contributed by atoms with Crippen molar-refractivity contribution in [3.8, 4) is 11.8 Å². The molecule has 0 aliphatic carbocycles. The molecule has 0 saturated heterocycles. The standard InChI is InChI=1S/C15H14N2O3S/c1-17(15-9-4-3-6-12(15)11-16)21(18,19)14-8-5-7-13(10-14)20-2/h3-10H,1-2H3. The molecule has 0 atom stereocenters. The first-order valence-electron chi connectivity index (χ1n) is 6.13. The lowest BCUT2D eigenvalue weighted by Crippen LogP contribution is -2.27. The second-order valence-corrected chi connectivity index (χ2v) is 6.25. The third kappa shape index (κ3) is 2.83. The van der Waals surface area contributed by atoms with Gasteiger partial charge in [0.15, 0.2) is 0 Å². The van der Waals surface area contributed by atoms with E-state index >= 15 is 0 Å². The fourth-order valence-electron chi connectivity index (χ4n) is 1.89. The summed E-state index contributed by atoms with van der Waals surface area (Å²) in [5.41, 5.74) is 0.634. The number of hydrogen-bond acceptors (Lipinski definition) is 4. The molecular formula is C15H14N2O3S. The van der Waals surface area contributed by atoms with Crippen LogP contribution in [0.25, 0.3) is 0 Å². The Morgan fingerprint density at radius 3 is 2.52 bits per heavy atom. The Labute approximate surface area is 124 Å². The van der Waals surface area contributed by atoms with Gasteiger partial charge in [-0.1, -0.05) is 18.2 Å². The lowest BCUT2D eigenvalue weighted by molar-refractivity contribution is 0.413. The fourth-order valence-corrected chi connectivity index (χ4v) is 3.14. The van der Waals surface area contributed by atoms with E-state index in [1.165, 1.54) is 26.3 Å². The SMILES string of the molecule is COc1cccc(S(=O)(=O)N(C)c2ccccc2C#N)c1. The van der Waals surface area contributed by atoms with Crippen molar-refractivity contribution in [2.75, 3.05) is 18.5 Å². The minimum atomic E-state index is -3.75. The molecule has 0 aromatic heterocycles. The maximum absolute atomic E-state index is 12.6. The largest absolute Gasteiger partial charge is 0.497 e. The summed E-state index contributed by atoms with van der Waals surface area (Å²) in [4.78, 5) is 0.108. The Balaban J connectivity index is 2.50. The van der Waals surface area contributed by atoms with E-state index in [2.05, 4.69) is 0 Å². The Hall–Kier alpha value is -2.52. The molecule has 0 aliphatic rings. The average Bonchev–Trinajstić information content (AvgIpc) is 2.54. The number of para-hydroxylation sites is 1. The van der Waals surface area contributed by atoms with Crippen LogP contribution in [-0.4, -0.2) is 22.6 Å². The van der Waals surface area contributed by atoms with Crippen molar-refractivity contribution in [2.24, 2.45) is 0 Å². The van der Waals surface area contributed by atoms with E-state index in [1.807, 2.05) is 6.07 Å². The van der Waals surface area contributed by atoms with Crippen LogP contribution >= 0.6 is 0 Å². The van der Waals surface area contributed by atoms with Gasteiger partial charge in [-0.25, -0.2) is 8.42 Å². The number of methoxy groups -OCH3 is 1. The van der Waals surface area contributed by atoms with Gasteiger partial charge < -0.3 is 4.74 Å². The molecule has 0 bridgehead atoms. The van der Waals surface area contributed by atoms with Gasteiger partial charge in [0.1, 0.15) is 11.8 Å². The van der Waals surface area contributed by atoms with E-state index in [-0.39, 0.29) is 4.90 Å². The molecule has 2 aromatic rings. The number of rotatable bonds is 4. The van der Waals surface area contributed by atoms with Crippen molar-refractivity contribution in [3.63, 3.8) is 0 Å². The van der Waals surface area contributed by atoms with Gasteiger partial charge in [-0.3, -0.25) is 4.31 Å². The third-order valence-corrected chi connectivity index (χ3v) is 4.83. The first kappa shape index (κ1) is 14.9. The van der Waals surface area contributed by atoms with Crippen LogP contribution in [0, 0.1) is 11.3 Å². The smallest absolute Gasteiger partial charge is 0.264 e. The normalized spacial score (nSPS) is 10.7. The molecule has 2 rings (SSSR count). The van der Waals surface area contributed by atoms with Crippen LogP contribution in [-0.2, 0) is 10.0 Å². The molecule has 5 nitrogen and oxygen atoms in total. The Morgan fingerprint density at radius 2 is 1.86 bits per heavy atom. The number of ether oxygens (including phenoxy) is 1. The quantitative estimate of drug-likeness (QED) is 0.869. The minimum absolute atomic E-state index is 0.108. The van der Waals surface area contributed by atoms with E-state index < -0.39 is 10.0 Å². The molecule has 21 heavy (non-hydrogen) atoms. The summed E-state index contributed by atoms with van der Waals surface area (Å²) in [7, 11) is -0.861. The molecule has 0 fully saturated rings. The molecule has 0 amide bonds. The topological polar surface area (TPSA) is 70.4 Å². The van der Waals surface area contributed by atoms with Crippen LogP contribution < -0.4 is 9.04 Å². The maximum Gasteiger partial charge on any atom is 0.264 e. The van der Waals surface area contributed by atoms with E-state index in [0.29, 0.717) is 17.0 Å². The van der Waals surface area contributed by atoms with E-state index in [1.54, 1.807) is 36.4 Å². The van der Waals surface area contributed by atoms with Crippen molar-refractivity contribution in [3.05, 3.63) is 54.1 Å². The Morgan fingerprint density at radius 1 is 1.14 bits per heavy atom. The Bertz CT molecular complexity index is 795. The highest BCUT2D eigenvalue weighted by atomic mass is 32.2. The van der Waals surface area contributed by atoms with Crippen molar-refractivity contribution in [1.29, 1.82) is 5.26 Å². The van der Waals surface area contributed by atoms with Crippen LogP contribution in [0.3, 0.4) is 0 Å². The second-order valence-electron chi connectivity index (χ2n) is 4.28. The Kier molecular flexibility index (Phi) is 4.15. The summed E-state index contributed by atoms with van der Waals surface area (Å²) in [6, 6.07) is 14.7. The highest BCUT2D eigenvalue weighted by Crippen LogP contribution is 2.26. The number of hydrogen-bond donors (Lipinski definition) is 0. The van der Waals surface area contributed by atoms with E-state index in [4.69, 9.17) is 10.00 Å². The molecule has 2 aromatic carbocycles. The number of anilines is 1. The van der Waals surface area contributed by atoms with Crippen LogP contribution in [0.15, 0.2) is 53.4 Å². The monoisotopic (exact) mass is 302 g/mol. The van der Waals surface area contributed by atoms with E-state index in [9.17, 15) is 8.42 Å². The zero-order valence-corrected chi connectivity index (χ0v) is 12.5. The fraction of sp³-hybridized carbons (Fsp3) is 0.133. The van der Waals surface area contributed by atoms with Gasteiger partial charge in [-0.15, -0.1) is 0 Å². The van der Waals surface area contributed by atoms with Gasteiger partial charge in [0, 0.05) is 13.1 Å². The van der Waals surface area contributed by atoms with Gasteiger partial charge in [0.2, 0.25) is 0 Å². The number of nitriles is 1. The van der Waals surface area contributed by atoms with Crippen LogP contribution in [0.5, 0.6) is 5.75 Å². The average molecular weight is 302 g/mol. The first-order chi connectivity index (χ1) is 10.0. The molecule has 108 valence electrons. The summed E-state index contributed by atoms with van der Waals surface area (Å²) in [5, 5.41) is 9.09. The number of sulfonamides is 1. The zero-order chi connectivity index (χ0) is 15.5. The molecular weight excluding hydrogens is 288 g/mol. The summed E-state index contributed by atoms with van der Waals surface area (Å²) >= 11 is 0. The van der Waals surface area contributed by atoms with Crippen molar-refractivity contribution >= 4 is 15.7 Å². The van der Waals surface area contributed by atoms with Gasteiger partial charge >= 0.3 is 0 Å². The van der Waals surface area contributed by atoms with E-state index in [0.717, 1.165) is 4.31 Å². The van der Waals surface area contributed by atoms with Crippen LogP contribution in [0.4, 0.5) is 5.69 Å². The summed E-state index contributed by atoms with van der Waals surface area (Å²) < 4.78 is 31.4. The predicted octanol–water partition coefficient (Wildman–Crippen LogP) is 2.39. The lowest BCUT2D eigenvalue weighted by atomic mass is 10.2. The molecule has 0 heterocycles. The third-order valence-electron chi connectivity index (χ3n) is 3.06. The van der Waals surface area contributed by atoms with Gasteiger partial charge in [-0.05, 0) is 24.3 Å². The molecule has 0 spiro atoms. The zero-order valence-electron chi connectivity index (χ0n) is 11.6. The number of nitrogens with zero attached hydrogens (tertiary/aromatic N) is 2. The van der Waals surface area contributed by atoms with Gasteiger partial charge in [0.05, 0.1) is 23.3 Å². The summed E-state index contributed by atoms with van der Waals surface area (Å²) in [6.45, 7) is 0. The maximum atomic E-state index is 12.6. The van der Waals surface area contributed by atoms with Gasteiger partial charge in [-0.2, -0.15) is 5.26 Å². The van der Waals surface area contributed by atoms with Crippen molar-refractivity contribution < 1.29 is 13.2 Å². The van der Waals surface area contributed by atoms with Crippen LogP contribution in [0.1, 0.15) is 5.56 Å². The molecule has 0 aliphatic heterocycles. The summed E-state index contributed by atoms with van der Waals surface area (Å²) in [5.74, 6) is 0.457. The highest BCUT2D eigenvalue weighted by Gasteiger charge is 2.23. The molecule has 0 N–H and O–H groups in total. The highest BCUT2D eigenvalue weighted by molar-refractivity contribution is 7.92. The summed E-state index contributed by atoms with van der Waals surface area (Å²) in [6.07, 6.45) is 0. The molecule has 0 saturated carbocycles. The predicted molar refractivity (Wildman–Crippen MR) is 79.7 cm³/mol. The lowest BCUT2D eigenvalue weighted by Gasteiger charge is -2.20. The van der Waals surface area contributed by atoms with Crippen molar-refractivity contribution in [2.45, 2.75) is 4.90 Å². The minimum Gasteiger partial charge on any atom is -0.497 e.